The van der Waals surface area contributed by atoms with Crippen molar-refractivity contribution in [2.75, 3.05) is 26.2 Å². The van der Waals surface area contributed by atoms with Gasteiger partial charge < -0.3 is 4.90 Å². The van der Waals surface area contributed by atoms with E-state index in [1.54, 1.807) is 0 Å². The molecule has 25 heavy (non-hydrogen) atoms. The number of hydrogen-bond acceptors (Lipinski definition) is 2. The summed E-state index contributed by atoms with van der Waals surface area (Å²) >= 11 is 5.72. The van der Waals surface area contributed by atoms with Gasteiger partial charge >= 0.3 is 0 Å². The highest BCUT2D eigenvalue weighted by Crippen LogP contribution is 2.22. The molecule has 1 saturated heterocycles. The number of benzene rings is 2. The highest BCUT2D eigenvalue weighted by molar-refractivity contribution is 7.89. The highest BCUT2D eigenvalue weighted by atomic mass is 35.5. The Hall–Kier alpha value is -1.47. The first kappa shape index (κ1) is 18.3. The second-order valence-electron chi connectivity index (χ2n) is 6.40. The third-order valence-corrected chi connectivity index (χ3v) is 6.68. The lowest BCUT2D eigenvalue weighted by molar-refractivity contribution is -0.917. The zero-order valence-electron chi connectivity index (χ0n) is 14.0. The quantitative estimate of drug-likeness (QED) is 0.875. The van der Waals surface area contributed by atoms with Crippen LogP contribution in [0.15, 0.2) is 47.4 Å². The van der Waals surface area contributed by atoms with Gasteiger partial charge in [0, 0.05) is 5.56 Å². The average molecular weight is 384 g/mol. The van der Waals surface area contributed by atoms with E-state index in [0.29, 0.717) is 13.1 Å². The molecule has 7 heteroatoms. The molecule has 1 aliphatic rings. The number of sulfonamides is 1. The summed E-state index contributed by atoms with van der Waals surface area (Å²) < 4.78 is 40.1. The number of nitrogens with zero attached hydrogens (tertiary/aromatic N) is 1. The molecule has 0 spiro atoms. The van der Waals surface area contributed by atoms with Crippen LogP contribution in [0.1, 0.15) is 11.1 Å². The van der Waals surface area contributed by atoms with E-state index in [9.17, 15) is 12.8 Å². The minimum atomic E-state index is -3.64. The van der Waals surface area contributed by atoms with E-state index in [1.807, 2.05) is 6.07 Å². The molecule has 4 nitrogen and oxygen atoms in total. The van der Waals surface area contributed by atoms with E-state index in [1.165, 1.54) is 32.5 Å². The zero-order valence-corrected chi connectivity index (χ0v) is 15.6. The Bertz CT molecular complexity index is 865. The summed E-state index contributed by atoms with van der Waals surface area (Å²) in [6, 6.07) is 11.9. The SMILES string of the molecule is Cc1cccc(C[NH+]2CCN(S(=O)(=O)c3ccc(F)c(Cl)c3)CC2)c1. The highest BCUT2D eigenvalue weighted by Gasteiger charge is 2.30. The van der Waals surface area contributed by atoms with Gasteiger partial charge in [-0.2, -0.15) is 4.31 Å². The number of piperazine rings is 1. The lowest BCUT2D eigenvalue weighted by Crippen LogP contribution is -3.13. The first-order valence-electron chi connectivity index (χ1n) is 8.20. The van der Waals surface area contributed by atoms with E-state index in [-0.39, 0.29) is 9.92 Å². The summed E-state index contributed by atoms with van der Waals surface area (Å²) in [7, 11) is -3.64. The number of rotatable bonds is 4. The van der Waals surface area contributed by atoms with Gasteiger partial charge in [0.2, 0.25) is 10.0 Å². The van der Waals surface area contributed by atoms with Gasteiger partial charge in [-0.15, -0.1) is 0 Å². The van der Waals surface area contributed by atoms with Gasteiger partial charge in [0.15, 0.2) is 0 Å². The van der Waals surface area contributed by atoms with E-state index in [4.69, 9.17) is 11.6 Å². The van der Waals surface area contributed by atoms with Crippen molar-refractivity contribution >= 4 is 21.6 Å². The van der Waals surface area contributed by atoms with E-state index in [2.05, 4.69) is 25.1 Å². The van der Waals surface area contributed by atoms with Gasteiger partial charge in [0.1, 0.15) is 12.4 Å². The molecule has 2 aromatic carbocycles. The summed E-state index contributed by atoms with van der Waals surface area (Å²) in [6.45, 7) is 5.32. The standard InChI is InChI=1S/C18H20ClFN2O2S/c1-14-3-2-4-15(11-14)13-21-7-9-22(10-8-21)25(23,24)16-5-6-18(20)17(19)12-16/h2-6,11-12H,7-10,13H2,1H3/p+1. The van der Waals surface area contributed by atoms with E-state index in [0.717, 1.165) is 25.7 Å². The second-order valence-corrected chi connectivity index (χ2v) is 8.74. The first-order valence-corrected chi connectivity index (χ1v) is 10.0. The molecule has 1 heterocycles. The summed E-state index contributed by atoms with van der Waals surface area (Å²) in [4.78, 5) is 1.40. The average Bonchev–Trinajstić information content (AvgIpc) is 2.58. The molecule has 0 amide bonds. The van der Waals surface area contributed by atoms with Gasteiger partial charge in [0.05, 0.1) is 36.1 Å². The van der Waals surface area contributed by atoms with Gasteiger partial charge in [-0.3, -0.25) is 0 Å². The predicted octanol–water partition coefficient (Wildman–Crippen LogP) is 1.88. The Kier molecular flexibility index (Phi) is 5.43. The summed E-state index contributed by atoms with van der Waals surface area (Å²) in [5, 5.41) is -0.176. The van der Waals surface area contributed by atoms with Crippen LogP contribution in [-0.2, 0) is 16.6 Å². The van der Waals surface area contributed by atoms with Crippen molar-refractivity contribution in [3.8, 4) is 0 Å². The smallest absolute Gasteiger partial charge is 0.243 e. The van der Waals surface area contributed by atoms with Gasteiger partial charge in [-0.1, -0.05) is 41.4 Å². The third-order valence-electron chi connectivity index (χ3n) is 4.49. The predicted molar refractivity (Wildman–Crippen MR) is 95.7 cm³/mol. The number of halogens is 2. The Morgan fingerprint density at radius 1 is 1.16 bits per heavy atom. The Morgan fingerprint density at radius 2 is 1.88 bits per heavy atom. The minimum absolute atomic E-state index is 0.0426. The van der Waals surface area contributed by atoms with Gasteiger partial charge in [0.25, 0.3) is 0 Å². The molecular weight excluding hydrogens is 363 g/mol. The topological polar surface area (TPSA) is 41.8 Å². The maximum Gasteiger partial charge on any atom is 0.243 e. The van der Waals surface area contributed by atoms with Crippen LogP contribution in [0.2, 0.25) is 5.02 Å². The maximum absolute atomic E-state index is 13.3. The van der Waals surface area contributed by atoms with Crippen molar-refractivity contribution in [3.63, 3.8) is 0 Å². The van der Waals surface area contributed by atoms with Crippen LogP contribution >= 0.6 is 11.6 Å². The fraction of sp³-hybridized carbons (Fsp3) is 0.333. The van der Waals surface area contributed by atoms with Crippen LogP contribution in [0, 0.1) is 12.7 Å². The van der Waals surface area contributed by atoms with Crippen molar-refractivity contribution < 1.29 is 17.7 Å². The molecule has 1 aliphatic heterocycles. The van der Waals surface area contributed by atoms with Crippen LogP contribution in [0.25, 0.3) is 0 Å². The number of aryl methyl sites for hydroxylation is 1. The summed E-state index contributed by atoms with van der Waals surface area (Å²) in [6.07, 6.45) is 0. The fourth-order valence-corrected chi connectivity index (χ4v) is 4.83. The number of hydrogen-bond donors (Lipinski definition) is 1. The second kappa shape index (κ2) is 7.41. The Balaban J connectivity index is 1.66. The number of nitrogens with one attached hydrogen (secondary N) is 1. The van der Waals surface area contributed by atoms with E-state index < -0.39 is 15.8 Å². The molecule has 0 unspecified atom stereocenters. The Morgan fingerprint density at radius 3 is 2.52 bits per heavy atom. The molecule has 1 N–H and O–H groups in total. The van der Waals surface area contributed by atoms with Crippen LogP contribution in [0.3, 0.4) is 0 Å². The summed E-state index contributed by atoms with van der Waals surface area (Å²) in [5.74, 6) is -0.618. The van der Waals surface area contributed by atoms with Gasteiger partial charge in [-0.05, 0) is 25.1 Å². The van der Waals surface area contributed by atoms with Crippen molar-refractivity contribution in [1.82, 2.24) is 4.31 Å². The molecule has 0 aliphatic carbocycles. The maximum atomic E-state index is 13.3. The Labute approximate surface area is 152 Å². The van der Waals surface area contributed by atoms with Crippen LogP contribution in [-0.4, -0.2) is 38.9 Å². The van der Waals surface area contributed by atoms with Crippen LogP contribution < -0.4 is 4.90 Å². The summed E-state index contributed by atoms with van der Waals surface area (Å²) in [5.41, 5.74) is 2.49. The minimum Gasteiger partial charge on any atom is -0.329 e. The van der Waals surface area contributed by atoms with Crippen LogP contribution in [0.4, 0.5) is 4.39 Å². The van der Waals surface area contributed by atoms with E-state index >= 15 is 0 Å². The zero-order chi connectivity index (χ0) is 18.0. The molecule has 0 aromatic heterocycles. The normalized spacial score (nSPS) is 16.9. The molecule has 1 fully saturated rings. The fourth-order valence-electron chi connectivity index (χ4n) is 3.12. The molecule has 0 radical (unpaired) electrons. The molecule has 0 bridgehead atoms. The third kappa shape index (κ3) is 4.20. The molecular formula is C18H21ClFN2O2S+. The van der Waals surface area contributed by atoms with Crippen molar-refractivity contribution in [2.24, 2.45) is 0 Å². The first-order chi connectivity index (χ1) is 11.9. The number of quaternary nitrogens is 1. The largest absolute Gasteiger partial charge is 0.329 e. The van der Waals surface area contributed by atoms with Crippen molar-refractivity contribution in [1.29, 1.82) is 0 Å². The molecule has 0 atom stereocenters. The lowest BCUT2D eigenvalue weighted by atomic mass is 10.1. The van der Waals surface area contributed by atoms with Crippen molar-refractivity contribution in [3.05, 3.63) is 64.4 Å². The monoisotopic (exact) mass is 383 g/mol. The van der Waals surface area contributed by atoms with Gasteiger partial charge in [-0.25, -0.2) is 12.8 Å². The van der Waals surface area contributed by atoms with Crippen LogP contribution in [0.5, 0.6) is 0 Å². The molecule has 134 valence electrons. The molecule has 2 aromatic rings. The van der Waals surface area contributed by atoms with Crippen molar-refractivity contribution in [2.45, 2.75) is 18.4 Å². The lowest BCUT2D eigenvalue weighted by Gasteiger charge is -2.31. The molecule has 0 saturated carbocycles. The molecule has 3 rings (SSSR count).